The fraction of sp³-hybridized carbons (Fsp3) is 0.0714. The zero-order chi connectivity index (χ0) is 13.9. The topological polar surface area (TPSA) is 54.4 Å². The third-order valence-electron chi connectivity index (χ3n) is 2.79. The fourth-order valence-corrected chi connectivity index (χ4v) is 3.00. The summed E-state index contributed by atoms with van der Waals surface area (Å²) in [6.07, 6.45) is 1.62. The van der Waals surface area contributed by atoms with Gasteiger partial charge in [0.05, 0.1) is 5.71 Å². The van der Waals surface area contributed by atoms with E-state index in [1.54, 1.807) is 12.3 Å². The minimum absolute atomic E-state index is 0.121. The molecular weight excluding hydrogens is 294 g/mol. The van der Waals surface area contributed by atoms with E-state index in [-0.39, 0.29) is 11.2 Å². The van der Waals surface area contributed by atoms with Crippen LogP contribution in [0.3, 0.4) is 0 Å². The number of hydrogen-bond donors (Lipinski definition) is 1. The Morgan fingerprint density at radius 2 is 1.95 bits per heavy atom. The lowest BCUT2D eigenvalue weighted by atomic mass is 10.1. The number of carbonyl (C=O) groups excluding carboxylic acids is 1. The van der Waals surface area contributed by atoms with Gasteiger partial charge in [0.1, 0.15) is 10.4 Å². The summed E-state index contributed by atoms with van der Waals surface area (Å²) in [6, 6.07) is 13.3. The van der Waals surface area contributed by atoms with Crippen molar-refractivity contribution in [2.24, 2.45) is 5.10 Å². The number of thioether (sulfide) groups is 1. The summed E-state index contributed by atoms with van der Waals surface area (Å²) in [5.74, 6) is -0.121. The predicted molar refractivity (Wildman–Crippen MR) is 80.0 cm³/mol. The number of aromatic nitrogens is 1. The van der Waals surface area contributed by atoms with E-state index in [2.05, 4.69) is 15.5 Å². The van der Waals surface area contributed by atoms with Crippen LogP contribution in [0.5, 0.6) is 0 Å². The lowest BCUT2D eigenvalue weighted by Crippen LogP contribution is -2.26. The van der Waals surface area contributed by atoms with E-state index in [4.69, 9.17) is 11.6 Å². The number of carbonyl (C=O) groups is 1. The van der Waals surface area contributed by atoms with Crippen molar-refractivity contribution in [1.82, 2.24) is 10.4 Å². The molecule has 1 N–H and O–H groups in total. The Hall–Kier alpha value is -1.85. The number of halogens is 1. The van der Waals surface area contributed by atoms with Crippen LogP contribution in [0.15, 0.2) is 58.7 Å². The first-order chi connectivity index (χ1) is 9.74. The molecule has 3 rings (SSSR count). The second-order valence-electron chi connectivity index (χ2n) is 4.15. The highest BCUT2D eigenvalue weighted by atomic mass is 35.5. The van der Waals surface area contributed by atoms with E-state index in [0.717, 1.165) is 10.5 Å². The molecule has 2 heterocycles. The molecule has 6 heteroatoms. The minimum atomic E-state index is -0.375. The highest BCUT2D eigenvalue weighted by Crippen LogP contribution is 2.28. The smallest absolute Gasteiger partial charge is 0.259 e. The molecule has 1 amide bonds. The van der Waals surface area contributed by atoms with Gasteiger partial charge in [0, 0.05) is 16.7 Å². The Bertz CT molecular complexity index is 658. The van der Waals surface area contributed by atoms with Crippen molar-refractivity contribution in [1.29, 1.82) is 0 Å². The average Bonchev–Trinajstić information content (AvgIpc) is 2.83. The number of hydrazone groups is 1. The van der Waals surface area contributed by atoms with E-state index in [9.17, 15) is 4.79 Å². The average molecular weight is 304 g/mol. The number of hydrogen-bond acceptors (Lipinski definition) is 4. The van der Waals surface area contributed by atoms with Crippen molar-refractivity contribution in [3.05, 3.63) is 59.4 Å². The lowest BCUT2D eigenvalue weighted by Gasteiger charge is -2.10. The largest absolute Gasteiger partial charge is 0.271 e. The van der Waals surface area contributed by atoms with Crippen molar-refractivity contribution < 1.29 is 4.79 Å². The van der Waals surface area contributed by atoms with Crippen LogP contribution in [-0.2, 0) is 4.79 Å². The fourth-order valence-electron chi connectivity index (χ4n) is 1.84. The van der Waals surface area contributed by atoms with Gasteiger partial charge in [0.2, 0.25) is 0 Å². The first-order valence-corrected chi connectivity index (χ1v) is 7.21. The molecule has 100 valence electrons. The summed E-state index contributed by atoms with van der Waals surface area (Å²) in [5, 5.41) is 4.15. The lowest BCUT2D eigenvalue weighted by molar-refractivity contribution is -0.118. The number of amides is 1. The molecule has 1 aromatic heterocycles. The van der Waals surface area contributed by atoms with Gasteiger partial charge in [-0.05, 0) is 24.3 Å². The Morgan fingerprint density at radius 1 is 1.15 bits per heavy atom. The predicted octanol–water partition coefficient (Wildman–Crippen LogP) is 2.73. The molecule has 0 aliphatic carbocycles. The van der Waals surface area contributed by atoms with Gasteiger partial charge in [-0.25, -0.2) is 10.4 Å². The molecule has 0 spiro atoms. The third kappa shape index (κ3) is 2.69. The quantitative estimate of drug-likeness (QED) is 0.887. The van der Waals surface area contributed by atoms with Crippen LogP contribution in [0, 0.1) is 0 Å². The summed E-state index contributed by atoms with van der Waals surface area (Å²) >= 11 is 7.24. The van der Waals surface area contributed by atoms with Crippen LogP contribution in [0.25, 0.3) is 0 Å². The molecule has 4 nitrogen and oxygen atoms in total. The molecule has 1 unspecified atom stereocenters. The molecule has 2 aromatic rings. The standard InChI is InChI=1S/C14H10ClN3OS/c15-11-7-6-9(8-16-11)12-13(14(19)18-17-12)20-10-4-2-1-3-5-10/h1-8,13H,(H,18,19). The molecule has 1 aromatic carbocycles. The number of rotatable bonds is 3. The molecule has 0 saturated carbocycles. The Labute approximate surface area is 125 Å². The summed E-state index contributed by atoms with van der Waals surface area (Å²) < 4.78 is 0. The summed E-state index contributed by atoms with van der Waals surface area (Å²) in [7, 11) is 0. The SMILES string of the molecule is O=C1NN=C(c2ccc(Cl)nc2)C1Sc1ccccc1. The van der Waals surface area contributed by atoms with Gasteiger partial charge >= 0.3 is 0 Å². The second-order valence-corrected chi connectivity index (χ2v) is 5.72. The zero-order valence-electron chi connectivity index (χ0n) is 10.3. The van der Waals surface area contributed by atoms with Crippen molar-refractivity contribution in [3.63, 3.8) is 0 Å². The van der Waals surface area contributed by atoms with E-state index < -0.39 is 0 Å². The maximum absolute atomic E-state index is 11.9. The Balaban J connectivity index is 1.87. The van der Waals surface area contributed by atoms with Gasteiger partial charge < -0.3 is 0 Å². The molecular formula is C14H10ClN3OS. The maximum atomic E-state index is 11.9. The molecule has 0 bridgehead atoms. The van der Waals surface area contributed by atoms with Crippen LogP contribution >= 0.6 is 23.4 Å². The van der Waals surface area contributed by atoms with E-state index in [0.29, 0.717) is 10.9 Å². The molecule has 1 atom stereocenters. The van der Waals surface area contributed by atoms with Gasteiger partial charge in [0.15, 0.2) is 0 Å². The van der Waals surface area contributed by atoms with E-state index in [1.807, 2.05) is 36.4 Å². The summed E-state index contributed by atoms with van der Waals surface area (Å²) in [5.41, 5.74) is 3.99. The van der Waals surface area contributed by atoms with Crippen LogP contribution in [-0.4, -0.2) is 21.9 Å². The monoisotopic (exact) mass is 303 g/mol. The Kier molecular flexibility index (Phi) is 3.71. The van der Waals surface area contributed by atoms with Crippen molar-refractivity contribution in [2.45, 2.75) is 10.1 Å². The van der Waals surface area contributed by atoms with Gasteiger partial charge in [-0.15, -0.1) is 11.8 Å². The highest BCUT2D eigenvalue weighted by molar-refractivity contribution is 8.01. The van der Waals surface area contributed by atoms with Crippen molar-refractivity contribution >= 4 is 35.0 Å². The van der Waals surface area contributed by atoms with Gasteiger partial charge in [0.25, 0.3) is 5.91 Å². The number of nitrogens with one attached hydrogen (secondary N) is 1. The first-order valence-electron chi connectivity index (χ1n) is 5.95. The number of pyridine rings is 1. The summed E-state index contributed by atoms with van der Waals surface area (Å²) in [4.78, 5) is 17.0. The third-order valence-corrected chi connectivity index (χ3v) is 4.23. The maximum Gasteiger partial charge on any atom is 0.259 e. The van der Waals surface area contributed by atoms with Crippen LogP contribution in [0.1, 0.15) is 5.56 Å². The van der Waals surface area contributed by atoms with E-state index >= 15 is 0 Å². The van der Waals surface area contributed by atoms with Crippen molar-refractivity contribution in [3.8, 4) is 0 Å². The van der Waals surface area contributed by atoms with Gasteiger partial charge in [-0.3, -0.25) is 4.79 Å². The zero-order valence-corrected chi connectivity index (χ0v) is 11.9. The molecule has 20 heavy (non-hydrogen) atoms. The van der Waals surface area contributed by atoms with Gasteiger partial charge in [-0.1, -0.05) is 29.8 Å². The van der Waals surface area contributed by atoms with Crippen molar-refractivity contribution in [2.75, 3.05) is 0 Å². The summed E-state index contributed by atoms with van der Waals surface area (Å²) in [6.45, 7) is 0. The first kappa shape index (κ1) is 13.1. The molecule has 1 aliphatic heterocycles. The van der Waals surface area contributed by atoms with Crippen LogP contribution in [0.4, 0.5) is 0 Å². The van der Waals surface area contributed by atoms with Crippen LogP contribution in [0.2, 0.25) is 5.15 Å². The molecule has 0 saturated heterocycles. The van der Waals surface area contributed by atoms with Crippen LogP contribution < -0.4 is 5.43 Å². The molecule has 0 fully saturated rings. The Morgan fingerprint density at radius 3 is 2.65 bits per heavy atom. The number of benzene rings is 1. The van der Waals surface area contributed by atoms with E-state index in [1.165, 1.54) is 11.8 Å². The second kappa shape index (κ2) is 5.64. The van der Waals surface area contributed by atoms with Gasteiger partial charge in [-0.2, -0.15) is 5.10 Å². The highest BCUT2D eigenvalue weighted by Gasteiger charge is 2.32. The normalized spacial score (nSPS) is 17.8. The number of nitrogens with zero attached hydrogens (tertiary/aromatic N) is 2. The molecule has 0 radical (unpaired) electrons. The minimum Gasteiger partial charge on any atom is -0.271 e. The molecule has 1 aliphatic rings.